The van der Waals surface area contributed by atoms with Crippen LogP contribution in [0.4, 0.5) is 10.2 Å². The number of hydrogen-bond donors (Lipinski definition) is 1. The normalized spacial score (nSPS) is 25.8. The van der Waals surface area contributed by atoms with E-state index in [0.29, 0.717) is 78.6 Å². The fourth-order valence-electron chi connectivity index (χ4n) is 8.79. The number of imide groups is 1. The predicted molar refractivity (Wildman–Crippen MR) is 189 cm³/mol. The molecule has 3 aromatic rings. The van der Waals surface area contributed by atoms with E-state index in [0.717, 1.165) is 12.8 Å². The van der Waals surface area contributed by atoms with Gasteiger partial charge in [-0.1, -0.05) is 17.7 Å². The first-order valence-corrected chi connectivity index (χ1v) is 18.4. The molecule has 5 aliphatic rings. The summed E-state index contributed by atoms with van der Waals surface area (Å²) in [6.07, 6.45) is 4.42. The molecule has 274 valence electrons. The summed E-state index contributed by atoms with van der Waals surface area (Å²) in [4.78, 5) is 59.5. The molecule has 3 atom stereocenters. The van der Waals surface area contributed by atoms with Crippen molar-refractivity contribution in [3.63, 3.8) is 0 Å². The van der Waals surface area contributed by atoms with Crippen LogP contribution in [-0.4, -0.2) is 91.9 Å². The molecule has 3 saturated heterocycles. The number of anilines is 1. The van der Waals surface area contributed by atoms with Gasteiger partial charge in [0.15, 0.2) is 11.5 Å². The molecule has 2 N–H and O–H groups in total. The number of nitrogens with zero attached hydrogens (tertiary/aromatic N) is 7. The number of piperazine rings is 1. The lowest BCUT2D eigenvalue weighted by molar-refractivity contribution is -0.156. The summed E-state index contributed by atoms with van der Waals surface area (Å²) in [6, 6.07) is 12.8. The van der Waals surface area contributed by atoms with Gasteiger partial charge in [-0.3, -0.25) is 29.0 Å². The van der Waals surface area contributed by atoms with Gasteiger partial charge in [0.2, 0.25) is 5.91 Å². The fraction of sp³-hybridized carbons (Fsp3) is 0.447. The number of aromatic nitrogens is 2. The van der Waals surface area contributed by atoms with Crippen LogP contribution in [0.15, 0.2) is 42.5 Å². The molecule has 1 aliphatic carbocycles. The quantitative estimate of drug-likeness (QED) is 0.334. The number of hydrogen-bond acceptors (Lipinski definition) is 10. The molecule has 53 heavy (non-hydrogen) atoms. The second-order valence-corrected chi connectivity index (χ2v) is 15.0. The molecular formula is C38H38ClFN8O5. The van der Waals surface area contributed by atoms with Crippen LogP contribution in [0.1, 0.15) is 88.9 Å². The number of primary amides is 1. The minimum absolute atomic E-state index is 0.0272. The largest absolute Gasteiger partial charge is 0.490 e. The van der Waals surface area contributed by atoms with Gasteiger partial charge < -0.3 is 20.3 Å². The Bertz CT molecular complexity index is 2020. The lowest BCUT2D eigenvalue weighted by Gasteiger charge is -2.41. The maximum Gasteiger partial charge on any atom is 0.269 e. The molecule has 0 unspecified atom stereocenters. The number of nitrogens with two attached hydrogens (primary N) is 1. The third-order valence-electron chi connectivity index (χ3n) is 11.5. The highest BCUT2D eigenvalue weighted by atomic mass is 35.5. The SMILES string of the molecule is N#Cc1ccc(OC2CCC(N3C(=O)CC[C@@H](N4Cc5c(ccc(CN6[C@@H]7CC[C@@H]6CN(c6ccc(C(N)=O)nn6)C7)c5F)C4=O)C3=O)CC2)cc1Cl. The van der Waals surface area contributed by atoms with Crippen LogP contribution in [0.2, 0.25) is 5.02 Å². The van der Waals surface area contributed by atoms with Crippen molar-refractivity contribution in [3.8, 4) is 11.8 Å². The number of piperidine rings is 1. The molecule has 15 heteroatoms. The van der Waals surface area contributed by atoms with E-state index < -0.39 is 29.6 Å². The first-order valence-electron chi connectivity index (χ1n) is 18.1. The number of halogens is 2. The molecule has 13 nitrogen and oxygen atoms in total. The van der Waals surface area contributed by atoms with E-state index in [9.17, 15) is 19.2 Å². The molecule has 4 aliphatic heterocycles. The van der Waals surface area contributed by atoms with Crippen molar-refractivity contribution in [1.29, 1.82) is 5.26 Å². The highest BCUT2D eigenvalue weighted by molar-refractivity contribution is 6.31. The molecule has 8 rings (SSSR count). The number of nitriles is 1. The Balaban J connectivity index is 0.907. The molecule has 0 spiro atoms. The third-order valence-corrected chi connectivity index (χ3v) is 11.8. The maximum absolute atomic E-state index is 16.3. The van der Waals surface area contributed by atoms with Crippen LogP contribution in [0.3, 0.4) is 0 Å². The van der Waals surface area contributed by atoms with Gasteiger partial charge in [0.05, 0.1) is 23.2 Å². The molecule has 1 saturated carbocycles. The second-order valence-electron chi connectivity index (χ2n) is 14.6. The first kappa shape index (κ1) is 34.9. The standard InChI is InChI=1S/C38H38ClFN8O5/c39-30-15-27(7-1-21(30)16-41)53-26-8-5-23(6-9-26)48-34(49)14-12-32(38(48)52)47-20-29-28(37(47)51)10-2-22(35(29)40)17-46-24-3-4-25(46)19-45(18-24)33-13-11-31(36(42)50)43-44-33/h1-2,7,10-11,13,15,23-26,32H,3-6,8-9,12,14,17-20H2,(H2,42,50)/t23?,24-,25-,26?,32-/m1/s1. The van der Waals surface area contributed by atoms with Crippen molar-refractivity contribution in [3.05, 3.63) is 81.3 Å². The summed E-state index contributed by atoms with van der Waals surface area (Å²) >= 11 is 6.16. The number of carbonyl (C=O) groups is 4. The number of rotatable bonds is 8. The van der Waals surface area contributed by atoms with Crippen molar-refractivity contribution in [2.24, 2.45) is 5.73 Å². The van der Waals surface area contributed by atoms with Crippen molar-refractivity contribution in [1.82, 2.24) is 24.9 Å². The van der Waals surface area contributed by atoms with Crippen molar-refractivity contribution in [2.45, 2.75) is 94.7 Å². The van der Waals surface area contributed by atoms with Gasteiger partial charge in [0.1, 0.15) is 23.7 Å². The molecule has 4 fully saturated rings. The van der Waals surface area contributed by atoms with E-state index in [2.05, 4.69) is 20.0 Å². The monoisotopic (exact) mass is 740 g/mol. The van der Waals surface area contributed by atoms with Gasteiger partial charge in [0.25, 0.3) is 17.7 Å². The van der Waals surface area contributed by atoms with Gasteiger partial charge >= 0.3 is 0 Å². The van der Waals surface area contributed by atoms with E-state index in [1.165, 1.54) is 9.80 Å². The number of ether oxygens (including phenoxy) is 1. The Kier molecular flexibility index (Phi) is 9.24. The Labute approximate surface area is 310 Å². The highest BCUT2D eigenvalue weighted by Gasteiger charge is 2.47. The van der Waals surface area contributed by atoms with Crippen LogP contribution in [0.5, 0.6) is 5.75 Å². The summed E-state index contributed by atoms with van der Waals surface area (Å²) in [7, 11) is 0. The summed E-state index contributed by atoms with van der Waals surface area (Å²) in [6.45, 7) is 1.72. The van der Waals surface area contributed by atoms with Crippen LogP contribution in [0, 0.1) is 17.1 Å². The summed E-state index contributed by atoms with van der Waals surface area (Å²) < 4.78 is 22.4. The van der Waals surface area contributed by atoms with Crippen molar-refractivity contribution >= 4 is 41.0 Å². The second kappa shape index (κ2) is 14.0. The number of amides is 4. The summed E-state index contributed by atoms with van der Waals surface area (Å²) in [5.41, 5.74) is 6.83. The zero-order valence-corrected chi connectivity index (χ0v) is 29.7. The van der Waals surface area contributed by atoms with Crippen LogP contribution >= 0.6 is 11.6 Å². The van der Waals surface area contributed by atoms with Gasteiger partial charge in [-0.15, -0.1) is 10.2 Å². The Hall–Kier alpha value is -5.13. The summed E-state index contributed by atoms with van der Waals surface area (Å²) in [5.74, 6) is -0.892. The lowest BCUT2D eigenvalue weighted by atomic mass is 9.89. The van der Waals surface area contributed by atoms with E-state index in [-0.39, 0.29) is 60.8 Å². The molecule has 5 heterocycles. The zero-order valence-electron chi connectivity index (χ0n) is 28.9. The molecular weight excluding hydrogens is 703 g/mol. The fourth-order valence-corrected chi connectivity index (χ4v) is 9.00. The Morgan fingerprint density at radius 1 is 0.962 bits per heavy atom. The van der Waals surface area contributed by atoms with E-state index in [1.807, 2.05) is 6.07 Å². The van der Waals surface area contributed by atoms with Gasteiger partial charge in [-0.2, -0.15) is 5.26 Å². The predicted octanol–water partition coefficient (Wildman–Crippen LogP) is 3.96. The minimum atomic E-state index is -0.853. The topological polar surface area (TPSA) is 166 Å². The number of likely N-dealkylation sites (tertiary alicyclic amines) is 1. The number of benzene rings is 2. The van der Waals surface area contributed by atoms with Gasteiger partial charge in [0, 0.05) is 66.9 Å². The zero-order chi connectivity index (χ0) is 37.0. The van der Waals surface area contributed by atoms with Crippen LogP contribution < -0.4 is 15.4 Å². The van der Waals surface area contributed by atoms with Crippen LogP contribution in [-0.2, 0) is 22.7 Å². The smallest absolute Gasteiger partial charge is 0.269 e. The van der Waals surface area contributed by atoms with Gasteiger partial charge in [-0.05, 0) is 75.3 Å². The van der Waals surface area contributed by atoms with Gasteiger partial charge in [-0.25, -0.2) is 4.39 Å². The third kappa shape index (κ3) is 6.46. The molecule has 2 aromatic carbocycles. The lowest BCUT2D eigenvalue weighted by Crippen LogP contribution is -2.58. The average Bonchev–Trinajstić information content (AvgIpc) is 3.59. The van der Waals surface area contributed by atoms with Crippen LogP contribution in [0.25, 0.3) is 0 Å². The molecule has 1 aromatic heterocycles. The molecule has 4 amide bonds. The first-order chi connectivity index (χ1) is 25.6. The minimum Gasteiger partial charge on any atom is -0.490 e. The maximum atomic E-state index is 16.3. The Morgan fingerprint density at radius 2 is 1.70 bits per heavy atom. The number of fused-ring (bicyclic) bond motifs is 3. The molecule has 2 bridgehead atoms. The number of carbonyl (C=O) groups excluding carboxylic acids is 4. The highest BCUT2D eigenvalue weighted by Crippen LogP contribution is 2.38. The van der Waals surface area contributed by atoms with E-state index in [1.54, 1.807) is 42.5 Å². The van der Waals surface area contributed by atoms with Crippen molar-refractivity contribution < 1.29 is 28.3 Å². The van der Waals surface area contributed by atoms with E-state index in [4.69, 9.17) is 27.3 Å². The Morgan fingerprint density at radius 3 is 2.36 bits per heavy atom. The summed E-state index contributed by atoms with van der Waals surface area (Å²) in [5, 5.41) is 17.6. The average molecular weight is 741 g/mol. The van der Waals surface area contributed by atoms with E-state index >= 15 is 4.39 Å². The molecule has 0 radical (unpaired) electrons. The van der Waals surface area contributed by atoms with Crippen molar-refractivity contribution in [2.75, 3.05) is 18.0 Å².